The van der Waals surface area contributed by atoms with Crippen molar-refractivity contribution in [1.29, 1.82) is 0 Å². The maximum atomic E-state index is 10.8. The summed E-state index contributed by atoms with van der Waals surface area (Å²) >= 11 is 1.12. The summed E-state index contributed by atoms with van der Waals surface area (Å²) in [6, 6.07) is 5.48. The highest BCUT2D eigenvalue weighted by Gasteiger charge is 2.06. The van der Waals surface area contributed by atoms with Crippen LogP contribution in [0.4, 0.5) is 0 Å². The molecular weight excluding hydrogens is 278 g/mol. The molecule has 0 spiro atoms. The molecule has 0 fully saturated rings. The number of hydrogen-bond acceptors (Lipinski definition) is 5. The molecule has 1 heterocycles. The quantitative estimate of drug-likeness (QED) is 0.917. The van der Waals surface area contributed by atoms with Crippen LogP contribution in [0.1, 0.15) is 20.2 Å². The smallest absolute Gasteiger partial charge is 0.347 e. The van der Waals surface area contributed by atoms with Gasteiger partial charge in [-0.1, -0.05) is 6.08 Å². The van der Waals surface area contributed by atoms with Crippen LogP contribution in [0.2, 0.25) is 0 Å². The molecule has 0 saturated heterocycles. The zero-order valence-corrected chi connectivity index (χ0v) is 11.8. The first-order valence-electron chi connectivity index (χ1n) is 5.72. The second-order valence-corrected chi connectivity index (χ2v) is 4.91. The molecule has 6 heteroatoms. The SMILES string of the molecule is COc1cc(/C=C\c2ncc(C(=O)O)s2)cc(OC)c1. The third-order valence-corrected chi connectivity index (χ3v) is 3.48. The number of hydrogen-bond donors (Lipinski definition) is 1. The van der Waals surface area contributed by atoms with E-state index in [9.17, 15) is 4.79 Å². The standard InChI is InChI=1S/C14H13NO4S/c1-18-10-5-9(6-11(7-10)19-2)3-4-13-15-8-12(20-13)14(16)17/h3-8H,1-2H3,(H,16,17)/b4-3-. The minimum atomic E-state index is -0.967. The lowest BCUT2D eigenvalue weighted by molar-refractivity contribution is 0.0702. The van der Waals surface area contributed by atoms with E-state index in [1.54, 1.807) is 26.4 Å². The van der Waals surface area contributed by atoms with E-state index in [0.717, 1.165) is 16.9 Å². The number of nitrogens with zero attached hydrogens (tertiary/aromatic N) is 1. The molecule has 2 rings (SSSR count). The highest BCUT2D eigenvalue weighted by Crippen LogP contribution is 2.24. The zero-order chi connectivity index (χ0) is 14.5. The Balaban J connectivity index is 2.23. The summed E-state index contributed by atoms with van der Waals surface area (Å²) in [6.07, 6.45) is 4.93. The molecule has 1 aromatic heterocycles. The number of aromatic carboxylic acids is 1. The summed E-state index contributed by atoms with van der Waals surface area (Å²) in [7, 11) is 3.17. The molecule has 0 radical (unpaired) electrons. The summed E-state index contributed by atoms with van der Waals surface area (Å²) in [5.41, 5.74) is 0.883. The fourth-order valence-electron chi connectivity index (χ4n) is 1.56. The molecule has 0 bridgehead atoms. The van der Waals surface area contributed by atoms with Crippen LogP contribution in [0.5, 0.6) is 11.5 Å². The van der Waals surface area contributed by atoms with Crippen LogP contribution in [0, 0.1) is 0 Å². The lowest BCUT2D eigenvalue weighted by atomic mass is 10.2. The van der Waals surface area contributed by atoms with Crippen LogP contribution < -0.4 is 9.47 Å². The van der Waals surface area contributed by atoms with Gasteiger partial charge < -0.3 is 14.6 Å². The Morgan fingerprint density at radius 3 is 2.35 bits per heavy atom. The monoisotopic (exact) mass is 291 g/mol. The number of rotatable bonds is 5. The molecule has 1 aromatic carbocycles. The zero-order valence-electron chi connectivity index (χ0n) is 11.0. The van der Waals surface area contributed by atoms with Crippen molar-refractivity contribution in [2.75, 3.05) is 14.2 Å². The summed E-state index contributed by atoms with van der Waals surface area (Å²) in [5.74, 6) is 0.411. The van der Waals surface area contributed by atoms with E-state index < -0.39 is 5.97 Å². The van der Waals surface area contributed by atoms with Crippen molar-refractivity contribution in [3.63, 3.8) is 0 Å². The Hall–Kier alpha value is -2.34. The average Bonchev–Trinajstić information content (AvgIpc) is 2.93. The normalized spacial score (nSPS) is 10.7. The van der Waals surface area contributed by atoms with Crippen molar-refractivity contribution >= 4 is 29.5 Å². The van der Waals surface area contributed by atoms with Crippen molar-refractivity contribution in [3.8, 4) is 11.5 Å². The van der Waals surface area contributed by atoms with Crippen molar-refractivity contribution in [2.45, 2.75) is 0 Å². The van der Waals surface area contributed by atoms with Gasteiger partial charge in [0.1, 0.15) is 21.4 Å². The third kappa shape index (κ3) is 3.36. The molecule has 0 unspecified atom stereocenters. The number of carboxylic acid groups (broad SMARTS) is 1. The van der Waals surface area contributed by atoms with E-state index in [1.807, 2.05) is 18.2 Å². The van der Waals surface area contributed by atoms with Crippen LogP contribution in [-0.2, 0) is 0 Å². The van der Waals surface area contributed by atoms with Crippen LogP contribution in [0.3, 0.4) is 0 Å². The molecule has 2 aromatic rings. The van der Waals surface area contributed by atoms with E-state index in [4.69, 9.17) is 14.6 Å². The van der Waals surface area contributed by atoms with Gasteiger partial charge in [0.25, 0.3) is 0 Å². The maximum Gasteiger partial charge on any atom is 0.347 e. The number of carbonyl (C=O) groups is 1. The predicted octanol–water partition coefficient (Wildman–Crippen LogP) is 3.03. The Morgan fingerprint density at radius 2 is 1.85 bits per heavy atom. The minimum Gasteiger partial charge on any atom is -0.497 e. The van der Waals surface area contributed by atoms with Gasteiger partial charge in [0, 0.05) is 6.07 Å². The number of ether oxygens (including phenoxy) is 2. The number of methoxy groups -OCH3 is 2. The van der Waals surface area contributed by atoms with Gasteiger partial charge in [0.2, 0.25) is 0 Å². The van der Waals surface area contributed by atoms with Crippen LogP contribution >= 0.6 is 11.3 Å². The first-order chi connectivity index (χ1) is 9.62. The first kappa shape index (κ1) is 14.1. The van der Waals surface area contributed by atoms with Crippen molar-refractivity contribution in [2.24, 2.45) is 0 Å². The summed E-state index contributed by atoms with van der Waals surface area (Å²) in [6.45, 7) is 0. The summed E-state index contributed by atoms with van der Waals surface area (Å²) < 4.78 is 10.4. The molecule has 0 atom stereocenters. The van der Waals surface area contributed by atoms with E-state index in [-0.39, 0.29) is 4.88 Å². The molecule has 104 valence electrons. The Kier molecular flexibility index (Phi) is 4.37. The molecule has 1 N–H and O–H groups in total. The number of benzene rings is 1. The highest BCUT2D eigenvalue weighted by atomic mass is 32.1. The largest absolute Gasteiger partial charge is 0.497 e. The van der Waals surface area contributed by atoms with Crippen molar-refractivity contribution in [3.05, 3.63) is 39.8 Å². The molecule has 0 aliphatic carbocycles. The molecule has 20 heavy (non-hydrogen) atoms. The summed E-state index contributed by atoms with van der Waals surface area (Å²) in [4.78, 5) is 15.0. The molecular formula is C14H13NO4S. The van der Waals surface area contributed by atoms with Gasteiger partial charge in [-0.2, -0.15) is 0 Å². The third-order valence-electron chi connectivity index (χ3n) is 2.53. The number of carboxylic acids is 1. The fraction of sp³-hybridized carbons (Fsp3) is 0.143. The maximum absolute atomic E-state index is 10.8. The van der Waals surface area contributed by atoms with Crippen LogP contribution in [0.15, 0.2) is 24.4 Å². The van der Waals surface area contributed by atoms with E-state index in [0.29, 0.717) is 16.5 Å². The van der Waals surface area contributed by atoms with Crippen molar-refractivity contribution in [1.82, 2.24) is 4.98 Å². The molecule has 0 aliphatic rings. The molecule has 5 nitrogen and oxygen atoms in total. The first-order valence-corrected chi connectivity index (χ1v) is 6.54. The predicted molar refractivity (Wildman–Crippen MR) is 77.5 cm³/mol. The molecule has 0 aliphatic heterocycles. The van der Waals surface area contributed by atoms with E-state index in [2.05, 4.69) is 4.98 Å². The van der Waals surface area contributed by atoms with E-state index >= 15 is 0 Å². The molecule has 0 amide bonds. The van der Waals surface area contributed by atoms with Gasteiger partial charge in [0.05, 0.1) is 20.4 Å². The van der Waals surface area contributed by atoms with Gasteiger partial charge in [-0.05, 0) is 23.8 Å². The lowest BCUT2D eigenvalue weighted by Gasteiger charge is -2.05. The Morgan fingerprint density at radius 1 is 1.20 bits per heavy atom. The van der Waals surface area contributed by atoms with Gasteiger partial charge in [0.15, 0.2) is 0 Å². The second-order valence-electron chi connectivity index (χ2n) is 3.85. The van der Waals surface area contributed by atoms with Crippen LogP contribution in [-0.4, -0.2) is 30.3 Å². The van der Waals surface area contributed by atoms with Gasteiger partial charge in [-0.15, -0.1) is 11.3 Å². The number of thiazole rings is 1. The van der Waals surface area contributed by atoms with Crippen molar-refractivity contribution < 1.29 is 19.4 Å². The Bertz CT molecular complexity index is 626. The lowest BCUT2D eigenvalue weighted by Crippen LogP contribution is -1.89. The minimum absolute atomic E-state index is 0.216. The second kappa shape index (κ2) is 6.21. The topological polar surface area (TPSA) is 68.7 Å². The van der Waals surface area contributed by atoms with Crippen LogP contribution in [0.25, 0.3) is 12.2 Å². The Labute approximate surface area is 120 Å². The number of aromatic nitrogens is 1. The average molecular weight is 291 g/mol. The van der Waals surface area contributed by atoms with E-state index in [1.165, 1.54) is 6.20 Å². The van der Waals surface area contributed by atoms with Gasteiger partial charge >= 0.3 is 5.97 Å². The van der Waals surface area contributed by atoms with Gasteiger partial charge in [-0.3, -0.25) is 0 Å². The molecule has 0 saturated carbocycles. The summed E-state index contributed by atoms with van der Waals surface area (Å²) in [5, 5.41) is 9.46. The fourth-order valence-corrected chi connectivity index (χ4v) is 2.22. The van der Waals surface area contributed by atoms with Gasteiger partial charge in [-0.25, -0.2) is 9.78 Å². The highest BCUT2D eigenvalue weighted by molar-refractivity contribution is 7.14.